The number of likely N-dealkylation sites (tertiary alicyclic amines) is 1. The maximum atomic E-state index is 13.1. The van der Waals surface area contributed by atoms with Crippen molar-refractivity contribution < 1.29 is 34.0 Å². The molecule has 1 saturated heterocycles. The highest BCUT2D eigenvalue weighted by molar-refractivity contribution is 6.46. The molecule has 1 heterocycles. The van der Waals surface area contributed by atoms with Crippen molar-refractivity contribution in [3.8, 4) is 17.2 Å². The van der Waals surface area contributed by atoms with Gasteiger partial charge in [-0.05, 0) is 54.4 Å². The van der Waals surface area contributed by atoms with Gasteiger partial charge in [-0.3, -0.25) is 9.59 Å². The number of nitrogens with zero attached hydrogens (tertiary/aromatic N) is 1. The van der Waals surface area contributed by atoms with Crippen molar-refractivity contribution in [3.05, 3.63) is 94.6 Å². The molecule has 1 fully saturated rings. The molecule has 8 heteroatoms. The highest BCUT2D eigenvalue weighted by Gasteiger charge is 2.46. The smallest absolute Gasteiger partial charge is 0.295 e. The lowest BCUT2D eigenvalue weighted by Crippen LogP contribution is -2.32. The van der Waals surface area contributed by atoms with Crippen LogP contribution in [-0.4, -0.2) is 54.2 Å². The first-order valence-electron chi connectivity index (χ1n) is 11.8. The maximum absolute atomic E-state index is 13.1. The van der Waals surface area contributed by atoms with Gasteiger partial charge >= 0.3 is 0 Å². The molecule has 8 nitrogen and oxygen atoms in total. The Balaban J connectivity index is 1.67. The molecule has 1 amide bonds. The van der Waals surface area contributed by atoms with Crippen LogP contribution in [0.5, 0.6) is 17.2 Å². The summed E-state index contributed by atoms with van der Waals surface area (Å²) in [5, 5.41) is 21.3. The number of aliphatic hydroxyl groups excluding tert-OH is 1. The average molecular weight is 504 g/mol. The van der Waals surface area contributed by atoms with Crippen LogP contribution in [0.2, 0.25) is 0 Å². The molecule has 0 saturated carbocycles. The normalized spacial score (nSPS) is 16.7. The van der Waals surface area contributed by atoms with E-state index in [0.717, 1.165) is 11.1 Å². The molecule has 0 aliphatic carbocycles. The van der Waals surface area contributed by atoms with Crippen molar-refractivity contribution in [2.75, 3.05) is 27.4 Å². The van der Waals surface area contributed by atoms with Gasteiger partial charge in [0.05, 0.1) is 25.3 Å². The summed E-state index contributed by atoms with van der Waals surface area (Å²) in [5.41, 5.74) is 2.99. The number of benzene rings is 3. The molecule has 0 spiro atoms. The highest BCUT2D eigenvalue weighted by Crippen LogP contribution is 2.41. The molecule has 2 N–H and O–H groups in total. The van der Waals surface area contributed by atoms with E-state index < -0.39 is 17.7 Å². The standard InChI is InChI=1S/C29H29NO7/c1-18-5-4-6-19(15-18)17-37-22-10-7-20(8-11-22)27(32)25-26(21-9-12-23(31)24(16-21)36-3)30(13-14-35-2)29(34)28(25)33/h4-12,15-16,26,31-32H,13-14,17H2,1-3H3/t26-/m0/s1. The molecule has 0 radical (unpaired) electrons. The molecular weight excluding hydrogens is 474 g/mol. The fourth-order valence-corrected chi connectivity index (χ4v) is 4.34. The molecule has 3 aromatic rings. The van der Waals surface area contributed by atoms with Gasteiger partial charge in [-0.25, -0.2) is 0 Å². The zero-order valence-corrected chi connectivity index (χ0v) is 20.9. The summed E-state index contributed by atoms with van der Waals surface area (Å²) in [6.45, 7) is 2.74. The zero-order valence-electron chi connectivity index (χ0n) is 20.9. The van der Waals surface area contributed by atoms with Gasteiger partial charge in [-0.2, -0.15) is 0 Å². The van der Waals surface area contributed by atoms with Gasteiger partial charge in [0.2, 0.25) is 0 Å². The topological polar surface area (TPSA) is 106 Å². The third kappa shape index (κ3) is 5.44. The Morgan fingerprint density at radius 3 is 2.43 bits per heavy atom. The van der Waals surface area contributed by atoms with Crippen molar-refractivity contribution in [1.82, 2.24) is 4.90 Å². The van der Waals surface area contributed by atoms with Gasteiger partial charge in [-0.15, -0.1) is 0 Å². The van der Waals surface area contributed by atoms with Crippen LogP contribution >= 0.6 is 0 Å². The van der Waals surface area contributed by atoms with E-state index in [1.165, 1.54) is 25.2 Å². The fraction of sp³-hybridized carbons (Fsp3) is 0.241. The van der Waals surface area contributed by atoms with E-state index in [1.54, 1.807) is 36.4 Å². The van der Waals surface area contributed by atoms with Crippen LogP contribution in [0.15, 0.2) is 72.3 Å². The van der Waals surface area contributed by atoms with E-state index in [4.69, 9.17) is 14.2 Å². The van der Waals surface area contributed by atoms with Gasteiger partial charge in [0.25, 0.3) is 11.7 Å². The van der Waals surface area contributed by atoms with E-state index in [2.05, 4.69) is 0 Å². The van der Waals surface area contributed by atoms with Crippen LogP contribution in [0.25, 0.3) is 5.76 Å². The largest absolute Gasteiger partial charge is 0.507 e. The Kier molecular flexibility index (Phi) is 7.79. The summed E-state index contributed by atoms with van der Waals surface area (Å²) in [6, 6.07) is 18.3. The highest BCUT2D eigenvalue weighted by atomic mass is 16.5. The first-order valence-corrected chi connectivity index (χ1v) is 11.8. The third-order valence-electron chi connectivity index (χ3n) is 6.21. The van der Waals surface area contributed by atoms with Crippen molar-refractivity contribution >= 4 is 17.4 Å². The van der Waals surface area contributed by atoms with Crippen LogP contribution in [0.4, 0.5) is 0 Å². The van der Waals surface area contributed by atoms with Crippen LogP contribution < -0.4 is 9.47 Å². The monoisotopic (exact) mass is 503 g/mol. The summed E-state index contributed by atoms with van der Waals surface area (Å²) < 4.78 is 16.2. The molecule has 0 aromatic heterocycles. The number of aromatic hydroxyl groups is 1. The van der Waals surface area contributed by atoms with Crippen molar-refractivity contribution in [1.29, 1.82) is 0 Å². The predicted octanol–water partition coefficient (Wildman–Crippen LogP) is 4.36. The minimum atomic E-state index is -0.887. The van der Waals surface area contributed by atoms with Gasteiger partial charge in [-0.1, -0.05) is 35.9 Å². The summed E-state index contributed by atoms with van der Waals surface area (Å²) >= 11 is 0. The van der Waals surface area contributed by atoms with Crippen LogP contribution in [-0.2, 0) is 20.9 Å². The Morgan fingerprint density at radius 2 is 1.76 bits per heavy atom. The number of Topliss-reactive ketones (excluding diaryl/α,β-unsaturated/α-hetero) is 1. The van der Waals surface area contributed by atoms with Crippen molar-refractivity contribution in [2.45, 2.75) is 19.6 Å². The molecule has 1 atom stereocenters. The number of hydrogen-bond acceptors (Lipinski definition) is 7. The molecule has 1 aliphatic rings. The van der Waals surface area contributed by atoms with Crippen LogP contribution in [0.1, 0.15) is 28.3 Å². The maximum Gasteiger partial charge on any atom is 0.295 e. The first kappa shape index (κ1) is 25.8. The molecular formula is C29H29NO7. The molecule has 1 aliphatic heterocycles. The van der Waals surface area contributed by atoms with Gasteiger partial charge in [0, 0.05) is 19.2 Å². The lowest BCUT2D eigenvalue weighted by Gasteiger charge is -2.25. The summed E-state index contributed by atoms with van der Waals surface area (Å²) in [4.78, 5) is 27.4. The second-order valence-electron chi connectivity index (χ2n) is 8.72. The van der Waals surface area contributed by atoms with Crippen LogP contribution in [0.3, 0.4) is 0 Å². The molecule has 37 heavy (non-hydrogen) atoms. The van der Waals surface area contributed by atoms with Gasteiger partial charge in [0.15, 0.2) is 11.5 Å². The van der Waals surface area contributed by atoms with Gasteiger partial charge < -0.3 is 29.3 Å². The number of phenolic OH excluding ortho intramolecular Hbond substituents is 1. The number of carbonyl (C=O) groups is 2. The average Bonchev–Trinajstić information content (AvgIpc) is 3.16. The Labute approximate surface area is 215 Å². The molecule has 0 unspecified atom stereocenters. The second kappa shape index (κ2) is 11.2. The molecule has 4 rings (SSSR count). The summed E-state index contributed by atoms with van der Waals surface area (Å²) in [5.74, 6) is -1.15. The predicted molar refractivity (Wildman–Crippen MR) is 137 cm³/mol. The van der Waals surface area contributed by atoms with Gasteiger partial charge in [0.1, 0.15) is 18.1 Å². The number of phenols is 1. The minimum absolute atomic E-state index is 0.0534. The van der Waals surface area contributed by atoms with E-state index in [1.807, 2.05) is 31.2 Å². The number of carbonyl (C=O) groups excluding carboxylic acids is 2. The molecule has 3 aromatic carbocycles. The van der Waals surface area contributed by atoms with Crippen molar-refractivity contribution in [2.24, 2.45) is 0 Å². The lowest BCUT2D eigenvalue weighted by atomic mass is 9.95. The number of rotatable bonds is 9. The zero-order chi connectivity index (χ0) is 26.5. The number of amides is 1. The lowest BCUT2D eigenvalue weighted by molar-refractivity contribution is -0.140. The third-order valence-corrected chi connectivity index (χ3v) is 6.21. The second-order valence-corrected chi connectivity index (χ2v) is 8.72. The quantitative estimate of drug-likeness (QED) is 0.254. The first-order chi connectivity index (χ1) is 17.8. The number of aryl methyl sites for hydroxylation is 1. The summed E-state index contributed by atoms with van der Waals surface area (Å²) in [7, 11) is 2.90. The molecule has 192 valence electrons. The van der Waals surface area contributed by atoms with E-state index in [0.29, 0.717) is 23.5 Å². The molecule has 0 bridgehead atoms. The SMILES string of the molecule is COCCN1C(=O)C(=O)C(=C(O)c2ccc(OCc3cccc(C)c3)cc2)[C@@H]1c1ccc(O)c(OC)c1. The number of ketones is 1. The van der Waals surface area contributed by atoms with E-state index in [-0.39, 0.29) is 36.0 Å². The Hall–Kier alpha value is -4.30. The van der Waals surface area contributed by atoms with E-state index >= 15 is 0 Å². The number of hydrogen-bond donors (Lipinski definition) is 2. The Morgan fingerprint density at radius 1 is 1.00 bits per heavy atom. The Bertz CT molecular complexity index is 1330. The summed E-state index contributed by atoms with van der Waals surface area (Å²) in [6.07, 6.45) is 0. The fourth-order valence-electron chi connectivity index (χ4n) is 4.34. The minimum Gasteiger partial charge on any atom is -0.507 e. The van der Waals surface area contributed by atoms with Crippen LogP contribution in [0, 0.1) is 6.92 Å². The van der Waals surface area contributed by atoms with Crippen molar-refractivity contribution in [3.63, 3.8) is 0 Å². The van der Waals surface area contributed by atoms with E-state index in [9.17, 15) is 19.8 Å². The number of methoxy groups -OCH3 is 2. The number of ether oxygens (including phenoxy) is 3. The number of aliphatic hydroxyl groups is 1.